The van der Waals surface area contributed by atoms with E-state index in [1.54, 1.807) is 0 Å². The number of hydrogen-bond donors (Lipinski definition) is 0. The maximum absolute atomic E-state index is 6.40. The molecule has 194 valence electrons. The van der Waals surface area contributed by atoms with Crippen molar-refractivity contribution < 1.29 is 18.2 Å². The Kier molecular flexibility index (Phi) is 9.90. The first-order chi connectivity index (χ1) is 15.6. The highest BCUT2D eigenvalue weighted by Crippen LogP contribution is 2.50. The van der Waals surface area contributed by atoms with E-state index >= 15 is 0 Å². The van der Waals surface area contributed by atoms with Gasteiger partial charge in [-0.15, -0.1) is 0 Å². The highest BCUT2D eigenvalue weighted by atomic mass is 28.4. The Labute approximate surface area is 212 Å². The van der Waals surface area contributed by atoms with Gasteiger partial charge < -0.3 is 18.2 Å². The molecular formula is C27H51BO4Si2. The standard InChI is InChI=1S/C27H51BO4Si2/c1-21(20-28-31-26(3,4)27(5,6)32-28)25(34(11,12)30-8)22(2)24(33(9,10)29-7)19-18-23-16-14-13-15-17-23/h13-17,21-22,24-25H,18-20H2,1-12H3/t21-,22-,24+,25+/m1/s1. The first kappa shape index (κ1) is 29.8. The molecule has 1 aromatic rings. The Hall–Kier alpha value is -0.441. The molecule has 34 heavy (non-hydrogen) atoms. The van der Waals surface area contributed by atoms with E-state index in [1.165, 1.54) is 5.56 Å². The monoisotopic (exact) mass is 506 g/mol. The van der Waals surface area contributed by atoms with Crippen LogP contribution in [-0.2, 0) is 24.6 Å². The zero-order valence-corrected chi connectivity index (χ0v) is 26.0. The quantitative estimate of drug-likeness (QED) is 0.276. The van der Waals surface area contributed by atoms with Crippen molar-refractivity contribution in [1.82, 2.24) is 0 Å². The van der Waals surface area contributed by atoms with Crippen LogP contribution in [0.25, 0.3) is 0 Å². The molecule has 0 N–H and O–H groups in total. The minimum Gasteiger partial charge on any atom is -0.420 e. The van der Waals surface area contributed by atoms with Gasteiger partial charge in [0.15, 0.2) is 16.6 Å². The summed E-state index contributed by atoms with van der Waals surface area (Å²) in [6.45, 7) is 22.9. The van der Waals surface area contributed by atoms with Crippen molar-refractivity contribution in [3.8, 4) is 0 Å². The number of benzene rings is 1. The van der Waals surface area contributed by atoms with E-state index in [1.807, 2.05) is 14.2 Å². The maximum Gasteiger partial charge on any atom is 0.458 e. The zero-order valence-electron chi connectivity index (χ0n) is 24.0. The van der Waals surface area contributed by atoms with Crippen LogP contribution in [0.1, 0.15) is 53.5 Å². The molecule has 1 fully saturated rings. The van der Waals surface area contributed by atoms with Crippen LogP contribution in [0.4, 0.5) is 0 Å². The number of hydrogen-bond acceptors (Lipinski definition) is 4. The van der Waals surface area contributed by atoms with Crippen molar-refractivity contribution in [2.75, 3.05) is 14.2 Å². The summed E-state index contributed by atoms with van der Waals surface area (Å²) in [6, 6.07) is 10.9. The van der Waals surface area contributed by atoms with Crippen LogP contribution in [-0.4, -0.2) is 49.2 Å². The maximum atomic E-state index is 6.40. The van der Waals surface area contributed by atoms with Crippen LogP contribution in [0.15, 0.2) is 30.3 Å². The van der Waals surface area contributed by atoms with E-state index < -0.39 is 16.6 Å². The summed E-state index contributed by atoms with van der Waals surface area (Å²) in [6.07, 6.45) is 3.12. The molecule has 4 atom stereocenters. The Morgan fingerprint density at radius 1 is 0.853 bits per heavy atom. The van der Waals surface area contributed by atoms with Crippen molar-refractivity contribution in [3.63, 3.8) is 0 Å². The molecule has 0 unspecified atom stereocenters. The van der Waals surface area contributed by atoms with Gasteiger partial charge in [0.05, 0.1) is 11.2 Å². The predicted molar refractivity (Wildman–Crippen MR) is 150 cm³/mol. The lowest BCUT2D eigenvalue weighted by molar-refractivity contribution is 0.00578. The molecule has 1 aliphatic rings. The summed E-state index contributed by atoms with van der Waals surface area (Å²) in [5, 5.41) is 0. The van der Waals surface area contributed by atoms with Crippen molar-refractivity contribution in [2.45, 2.75) is 109 Å². The van der Waals surface area contributed by atoms with E-state index in [9.17, 15) is 0 Å². The summed E-state index contributed by atoms with van der Waals surface area (Å²) < 4.78 is 25.3. The third kappa shape index (κ3) is 6.86. The average molecular weight is 507 g/mol. The van der Waals surface area contributed by atoms with Crippen LogP contribution in [0, 0.1) is 11.8 Å². The minimum absolute atomic E-state index is 0.174. The molecule has 0 aliphatic carbocycles. The van der Waals surface area contributed by atoms with Crippen molar-refractivity contribution >= 4 is 23.8 Å². The summed E-state index contributed by atoms with van der Waals surface area (Å²) in [4.78, 5) is 0. The van der Waals surface area contributed by atoms with Crippen LogP contribution in [0.3, 0.4) is 0 Å². The van der Waals surface area contributed by atoms with E-state index in [2.05, 4.69) is 98.1 Å². The fourth-order valence-electron chi connectivity index (χ4n) is 6.10. The fourth-order valence-corrected chi connectivity index (χ4v) is 12.2. The predicted octanol–water partition coefficient (Wildman–Crippen LogP) is 7.43. The van der Waals surface area contributed by atoms with Gasteiger partial charge in [-0.2, -0.15) is 0 Å². The van der Waals surface area contributed by atoms with Gasteiger partial charge in [-0.3, -0.25) is 0 Å². The summed E-state index contributed by atoms with van der Waals surface area (Å²) >= 11 is 0. The second-order valence-corrected chi connectivity index (χ2v) is 21.2. The van der Waals surface area contributed by atoms with Crippen molar-refractivity contribution in [2.24, 2.45) is 11.8 Å². The minimum atomic E-state index is -1.98. The van der Waals surface area contributed by atoms with Gasteiger partial charge in [-0.05, 0) is 102 Å². The molecule has 1 saturated heterocycles. The summed E-state index contributed by atoms with van der Waals surface area (Å²) in [5.74, 6) is 0.913. The lowest BCUT2D eigenvalue weighted by Gasteiger charge is -2.46. The molecule has 0 spiro atoms. The van der Waals surface area contributed by atoms with Crippen LogP contribution in [0.2, 0.25) is 43.6 Å². The van der Waals surface area contributed by atoms with Gasteiger partial charge in [-0.1, -0.05) is 44.2 Å². The molecule has 7 heteroatoms. The molecule has 0 aromatic heterocycles. The van der Waals surface area contributed by atoms with E-state index in [-0.39, 0.29) is 18.3 Å². The molecule has 0 amide bonds. The second-order valence-electron chi connectivity index (χ2n) is 12.5. The SMILES string of the molecule is CO[Si](C)(C)[C@H]([C@H](C)[C@H](CCc1ccccc1)[Si](C)(C)OC)[C@H](C)CB1OC(C)(C)C(C)(C)O1. The fraction of sp³-hybridized carbons (Fsp3) is 0.778. The van der Waals surface area contributed by atoms with E-state index in [0.29, 0.717) is 22.9 Å². The molecule has 4 nitrogen and oxygen atoms in total. The molecular weight excluding hydrogens is 455 g/mol. The summed E-state index contributed by atoms with van der Waals surface area (Å²) in [7, 11) is -0.247. The van der Waals surface area contributed by atoms with Gasteiger partial charge in [0.2, 0.25) is 0 Å². The summed E-state index contributed by atoms with van der Waals surface area (Å²) in [5.41, 5.74) is 1.82. The zero-order chi connectivity index (χ0) is 25.9. The number of rotatable bonds is 12. The van der Waals surface area contributed by atoms with Crippen molar-refractivity contribution in [3.05, 3.63) is 35.9 Å². The van der Waals surface area contributed by atoms with Crippen LogP contribution in [0.5, 0.6) is 0 Å². The Morgan fingerprint density at radius 2 is 1.35 bits per heavy atom. The van der Waals surface area contributed by atoms with E-state index in [4.69, 9.17) is 18.2 Å². The molecule has 1 heterocycles. The molecule has 0 saturated carbocycles. The number of aryl methyl sites for hydroxylation is 1. The van der Waals surface area contributed by atoms with Crippen LogP contribution < -0.4 is 0 Å². The molecule has 1 aliphatic heterocycles. The Balaban J connectivity index is 2.30. The first-order valence-corrected chi connectivity index (χ1v) is 19.0. The largest absolute Gasteiger partial charge is 0.458 e. The normalized spacial score (nSPS) is 21.8. The molecule has 0 bridgehead atoms. The smallest absolute Gasteiger partial charge is 0.420 e. The second kappa shape index (κ2) is 11.3. The first-order valence-electron chi connectivity index (χ1n) is 13.1. The molecule has 2 rings (SSSR count). The van der Waals surface area contributed by atoms with Gasteiger partial charge >= 0.3 is 7.12 Å². The lowest BCUT2D eigenvalue weighted by atomic mass is 9.74. The lowest BCUT2D eigenvalue weighted by Crippen LogP contribution is -2.48. The Bertz CT molecular complexity index is 753. The third-order valence-corrected chi connectivity index (χ3v) is 16.4. The van der Waals surface area contributed by atoms with Gasteiger partial charge in [-0.25, -0.2) is 0 Å². The molecule has 1 aromatic carbocycles. The van der Waals surface area contributed by atoms with Crippen molar-refractivity contribution in [1.29, 1.82) is 0 Å². The molecule has 0 radical (unpaired) electrons. The highest BCUT2D eigenvalue weighted by Gasteiger charge is 2.53. The van der Waals surface area contributed by atoms with Gasteiger partial charge in [0.25, 0.3) is 0 Å². The Morgan fingerprint density at radius 3 is 1.82 bits per heavy atom. The van der Waals surface area contributed by atoms with E-state index in [0.717, 1.165) is 19.2 Å². The van der Waals surface area contributed by atoms with Gasteiger partial charge in [0.1, 0.15) is 0 Å². The average Bonchev–Trinajstić information content (AvgIpc) is 2.94. The third-order valence-electron chi connectivity index (χ3n) is 9.02. The highest BCUT2D eigenvalue weighted by molar-refractivity contribution is 6.74. The van der Waals surface area contributed by atoms with Crippen LogP contribution >= 0.6 is 0 Å². The topological polar surface area (TPSA) is 36.9 Å². The van der Waals surface area contributed by atoms with Gasteiger partial charge in [0, 0.05) is 14.2 Å².